The number of carbonyl (C=O) groups is 2. The maximum atomic E-state index is 12.2. The number of benzene rings is 2. The van der Waals surface area contributed by atoms with Gasteiger partial charge in [0.2, 0.25) is 6.29 Å². The van der Waals surface area contributed by atoms with Gasteiger partial charge in [-0.1, -0.05) is 38.7 Å². The van der Waals surface area contributed by atoms with Crippen molar-refractivity contribution in [2.45, 2.75) is 102 Å². The molecule has 10 heteroatoms. The molecule has 6 N–H and O–H groups in total. The Bertz CT molecular complexity index is 1240. The van der Waals surface area contributed by atoms with E-state index in [9.17, 15) is 40.2 Å². The second-order valence-corrected chi connectivity index (χ2v) is 10.9. The summed E-state index contributed by atoms with van der Waals surface area (Å²) in [5.41, 5.74) is -1.18. The number of ketones is 1. The molecule has 7 atom stereocenters. The van der Waals surface area contributed by atoms with Crippen LogP contribution < -0.4 is 4.74 Å². The highest BCUT2D eigenvalue weighted by molar-refractivity contribution is 6.08. The molecule has 1 saturated heterocycles. The van der Waals surface area contributed by atoms with Crippen LogP contribution in [0.5, 0.6) is 11.5 Å². The number of carbonyl (C=O) groups excluding carboxylic acids is 1. The van der Waals surface area contributed by atoms with Gasteiger partial charge in [0, 0.05) is 0 Å². The molecule has 0 aromatic heterocycles. The van der Waals surface area contributed by atoms with Crippen molar-refractivity contribution in [3.8, 4) is 11.5 Å². The Labute approximate surface area is 226 Å². The Balaban J connectivity index is 1.74. The number of phenolic OH excluding ortho intramolecular Hbond substituents is 1. The third-order valence-electron chi connectivity index (χ3n) is 8.27. The number of fused-ring (bicyclic) bond motifs is 1. The molecule has 10 nitrogen and oxygen atoms in total. The fraction of sp³-hybridized carbons (Fsp3) is 0.586. The van der Waals surface area contributed by atoms with E-state index >= 15 is 0 Å². The zero-order valence-corrected chi connectivity index (χ0v) is 22.5. The highest BCUT2D eigenvalue weighted by Gasteiger charge is 2.57. The Morgan fingerprint density at radius 3 is 2.46 bits per heavy atom. The number of aryl methyl sites for hydroxylation is 1. The van der Waals surface area contributed by atoms with Crippen LogP contribution in [-0.4, -0.2) is 78.7 Å². The maximum absolute atomic E-state index is 12.2. The summed E-state index contributed by atoms with van der Waals surface area (Å²) >= 11 is 0. The molecule has 0 radical (unpaired) electrons. The van der Waals surface area contributed by atoms with Crippen molar-refractivity contribution in [3.63, 3.8) is 0 Å². The molecule has 2 aromatic rings. The van der Waals surface area contributed by atoms with E-state index in [4.69, 9.17) is 9.47 Å². The van der Waals surface area contributed by atoms with Gasteiger partial charge in [0.15, 0.2) is 5.78 Å². The monoisotopic (exact) mass is 546 g/mol. The molecule has 4 rings (SSSR count). The molecule has 1 aliphatic heterocycles. The third-order valence-corrected chi connectivity index (χ3v) is 8.27. The maximum Gasteiger partial charge on any atom is 0.335 e. The van der Waals surface area contributed by atoms with Crippen molar-refractivity contribution >= 4 is 22.5 Å². The van der Waals surface area contributed by atoms with Crippen molar-refractivity contribution in [2.24, 2.45) is 5.92 Å². The fourth-order valence-corrected chi connectivity index (χ4v) is 6.26. The standard InChI is InChI=1S/C29H38O10/c1-4-5-6-8-18-9-7-10-29(18,37)26-24(33)23(32)25(34)28(39-26)38-19-13-17(27(35)36)12-16-11-14(2)20(15(3)30)22(31)21(16)19/h11-13,18,23-26,28,31-34,37H,4-10H2,1-3H3,(H,35,36). The summed E-state index contributed by atoms with van der Waals surface area (Å²) < 4.78 is 11.9. The van der Waals surface area contributed by atoms with Crippen LogP contribution in [0, 0.1) is 12.8 Å². The minimum Gasteiger partial charge on any atom is -0.506 e. The second kappa shape index (κ2) is 11.4. The number of hydrogen-bond donors (Lipinski definition) is 6. The van der Waals surface area contributed by atoms with Gasteiger partial charge in [0.25, 0.3) is 0 Å². The predicted octanol–water partition coefficient (Wildman–Crippen LogP) is 3.05. The number of aromatic hydroxyl groups is 1. The molecular weight excluding hydrogens is 508 g/mol. The number of unbranched alkanes of at least 4 members (excludes halogenated alkanes) is 2. The van der Waals surface area contributed by atoms with Crippen LogP contribution in [0.25, 0.3) is 10.8 Å². The quantitative estimate of drug-likeness (QED) is 0.203. The molecule has 7 unspecified atom stereocenters. The van der Waals surface area contributed by atoms with E-state index in [1.807, 2.05) is 0 Å². The lowest BCUT2D eigenvalue weighted by Gasteiger charge is -2.47. The number of carboxylic acids is 1. The van der Waals surface area contributed by atoms with Crippen LogP contribution >= 0.6 is 0 Å². The summed E-state index contributed by atoms with van der Waals surface area (Å²) in [5.74, 6) is -2.49. The van der Waals surface area contributed by atoms with E-state index in [-0.39, 0.29) is 33.6 Å². The molecule has 2 fully saturated rings. The van der Waals surface area contributed by atoms with Crippen LogP contribution in [0.15, 0.2) is 18.2 Å². The largest absolute Gasteiger partial charge is 0.506 e. The first kappa shape index (κ1) is 29.2. The Kier molecular flexibility index (Phi) is 8.53. The summed E-state index contributed by atoms with van der Waals surface area (Å²) in [7, 11) is 0. The van der Waals surface area contributed by atoms with Crippen LogP contribution in [-0.2, 0) is 4.74 Å². The lowest BCUT2D eigenvalue weighted by Crippen LogP contribution is -2.66. The smallest absolute Gasteiger partial charge is 0.335 e. The summed E-state index contributed by atoms with van der Waals surface area (Å²) in [6.45, 7) is 4.98. The zero-order valence-electron chi connectivity index (χ0n) is 22.5. The van der Waals surface area contributed by atoms with Gasteiger partial charge in [0.05, 0.1) is 22.1 Å². The Morgan fingerprint density at radius 1 is 1.10 bits per heavy atom. The van der Waals surface area contributed by atoms with Gasteiger partial charge in [-0.15, -0.1) is 0 Å². The first-order chi connectivity index (χ1) is 18.4. The molecule has 1 saturated carbocycles. The predicted molar refractivity (Wildman–Crippen MR) is 141 cm³/mol. The fourth-order valence-electron chi connectivity index (χ4n) is 6.26. The molecule has 0 bridgehead atoms. The van der Waals surface area contributed by atoms with Crippen LogP contribution in [0.1, 0.15) is 85.1 Å². The molecule has 2 aliphatic rings. The van der Waals surface area contributed by atoms with E-state index in [2.05, 4.69) is 6.92 Å². The number of carboxylic acid groups (broad SMARTS) is 1. The topological polar surface area (TPSA) is 174 Å². The molecule has 1 aliphatic carbocycles. The molecule has 0 spiro atoms. The van der Waals surface area contributed by atoms with Crippen LogP contribution in [0.4, 0.5) is 0 Å². The molecule has 1 heterocycles. The van der Waals surface area contributed by atoms with E-state index in [1.165, 1.54) is 13.0 Å². The SMILES string of the molecule is CCCCCC1CCCC1(O)C1OC(Oc2cc(C(=O)O)cc3cc(C)c(C(C)=O)c(O)c23)C(O)C(O)C1O. The number of ether oxygens (including phenoxy) is 2. The molecule has 0 amide bonds. The lowest BCUT2D eigenvalue weighted by atomic mass is 9.77. The van der Waals surface area contributed by atoms with E-state index in [0.29, 0.717) is 24.8 Å². The number of Topliss-reactive ketones (excluding diaryl/α,β-unsaturated/α-hetero) is 1. The zero-order chi connectivity index (χ0) is 28.6. The number of rotatable bonds is 9. The van der Waals surface area contributed by atoms with E-state index in [1.54, 1.807) is 13.0 Å². The normalized spacial score (nSPS) is 30.9. The summed E-state index contributed by atoms with van der Waals surface area (Å²) in [5, 5.41) is 65.1. The molecule has 2 aromatic carbocycles. The van der Waals surface area contributed by atoms with Gasteiger partial charge in [-0.3, -0.25) is 4.79 Å². The van der Waals surface area contributed by atoms with Gasteiger partial charge in [-0.05, 0) is 62.1 Å². The Hall–Kier alpha value is -2.76. The highest BCUT2D eigenvalue weighted by atomic mass is 16.7. The average Bonchev–Trinajstić information content (AvgIpc) is 3.24. The van der Waals surface area contributed by atoms with Crippen molar-refractivity contribution < 1.29 is 49.7 Å². The summed E-state index contributed by atoms with van der Waals surface area (Å²) in [6, 6.07) is 4.00. The minimum atomic E-state index is -1.76. The van der Waals surface area contributed by atoms with Gasteiger partial charge >= 0.3 is 5.97 Å². The third kappa shape index (κ3) is 5.36. The summed E-state index contributed by atoms with van der Waals surface area (Å²) in [4.78, 5) is 24.1. The first-order valence-corrected chi connectivity index (χ1v) is 13.5. The first-order valence-electron chi connectivity index (χ1n) is 13.5. The second-order valence-electron chi connectivity index (χ2n) is 10.9. The lowest BCUT2D eigenvalue weighted by molar-refractivity contribution is -0.309. The molecular formula is C29H38O10. The number of aliphatic hydroxyl groups is 4. The van der Waals surface area contributed by atoms with Gasteiger partial charge in [-0.2, -0.15) is 0 Å². The van der Waals surface area contributed by atoms with Crippen molar-refractivity contribution in [1.29, 1.82) is 0 Å². The van der Waals surface area contributed by atoms with Crippen molar-refractivity contribution in [1.82, 2.24) is 0 Å². The highest BCUT2D eigenvalue weighted by Crippen LogP contribution is 2.46. The number of hydrogen-bond acceptors (Lipinski definition) is 9. The van der Waals surface area contributed by atoms with E-state index in [0.717, 1.165) is 31.7 Å². The number of aromatic carboxylic acids is 1. The van der Waals surface area contributed by atoms with Crippen LogP contribution in [0.3, 0.4) is 0 Å². The van der Waals surface area contributed by atoms with Gasteiger partial charge < -0.3 is 40.1 Å². The van der Waals surface area contributed by atoms with Crippen molar-refractivity contribution in [3.05, 3.63) is 34.9 Å². The number of aliphatic hydroxyl groups excluding tert-OH is 3. The summed E-state index contributed by atoms with van der Waals surface area (Å²) in [6.07, 6.45) is -2.62. The minimum absolute atomic E-state index is 0.0285. The number of phenols is 1. The van der Waals surface area contributed by atoms with E-state index < -0.39 is 53.8 Å². The van der Waals surface area contributed by atoms with Gasteiger partial charge in [-0.25, -0.2) is 4.79 Å². The molecule has 39 heavy (non-hydrogen) atoms. The average molecular weight is 547 g/mol. The molecule has 214 valence electrons. The van der Waals surface area contributed by atoms with Crippen molar-refractivity contribution in [2.75, 3.05) is 0 Å². The Morgan fingerprint density at radius 2 is 1.82 bits per heavy atom. The van der Waals surface area contributed by atoms with Gasteiger partial charge in [0.1, 0.15) is 35.9 Å². The van der Waals surface area contributed by atoms with Crippen LogP contribution in [0.2, 0.25) is 0 Å².